The fraction of sp³-hybridized carbons (Fsp3) is 0.750. The molecular formula is C8H14FNO5. The number of carboxylic acid groups (broad SMARTS) is 1. The minimum absolute atomic E-state index is 0.742. The number of amides is 1. The van der Waals surface area contributed by atoms with Gasteiger partial charge in [-0.3, -0.25) is 9.63 Å². The number of aliphatic carboxylic acids is 1. The van der Waals surface area contributed by atoms with Crippen LogP contribution in [0.1, 0.15) is 20.8 Å². The van der Waals surface area contributed by atoms with Crippen molar-refractivity contribution in [1.29, 1.82) is 0 Å². The molecule has 1 amide bonds. The number of halogens is 1. The Balaban J connectivity index is 3.85. The van der Waals surface area contributed by atoms with Gasteiger partial charge in [0.2, 0.25) is 0 Å². The number of hydrogen-bond donors (Lipinski definition) is 2. The second kappa shape index (κ2) is 5.62. The van der Waals surface area contributed by atoms with Crippen molar-refractivity contribution in [1.82, 2.24) is 5.48 Å². The molecule has 0 heterocycles. The van der Waals surface area contributed by atoms with E-state index in [0.29, 0.717) is 0 Å². The molecule has 0 saturated carbocycles. The third-order valence-electron chi connectivity index (χ3n) is 1.03. The highest BCUT2D eigenvalue weighted by molar-refractivity contribution is 5.78. The lowest BCUT2D eigenvalue weighted by atomic mass is 10.2. The number of alkyl halides is 1. The van der Waals surface area contributed by atoms with Crippen molar-refractivity contribution in [3.8, 4) is 0 Å². The lowest BCUT2D eigenvalue weighted by Crippen LogP contribution is -2.38. The summed E-state index contributed by atoms with van der Waals surface area (Å²) < 4.78 is 17.6. The van der Waals surface area contributed by atoms with E-state index >= 15 is 0 Å². The van der Waals surface area contributed by atoms with E-state index in [2.05, 4.69) is 9.57 Å². The van der Waals surface area contributed by atoms with Gasteiger partial charge in [0.25, 0.3) is 6.36 Å². The van der Waals surface area contributed by atoms with Crippen molar-refractivity contribution in [3.63, 3.8) is 0 Å². The van der Waals surface area contributed by atoms with Crippen LogP contribution in [0.3, 0.4) is 0 Å². The van der Waals surface area contributed by atoms with Crippen LogP contribution in [-0.2, 0) is 19.2 Å². The Hall–Kier alpha value is -1.21. The van der Waals surface area contributed by atoms with Gasteiger partial charge in [0.05, 0.1) is 5.60 Å². The third kappa shape index (κ3) is 7.83. The zero-order valence-corrected chi connectivity index (χ0v) is 8.74. The van der Waals surface area contributed by atoms with Crippen molar-refractivity contribution in [2.45, 2.75) is 32.7 Å². The largest absolute Gasteiger partial charge is 0.479 e. The van der Waals surface area contributed by atoms with Gasteiger partial charge >= 0.3 is 11.9 Å². The van der Waals surface area contributed by atoms with E-state index in [9.17, 15) is 14.0 Å². The van der Waals surface area contributed by atoms with Gasteiger partial charge in [-0.25, -0.2) is 14.7 Å². The molecule has 0 aliphatic heterocycles. The van der Waals surface area contributed by atoms with Gasteiger partial charge in [0.1, 0.15) is 0 Å². The van der Waals surface area contributed by atoms with Gasteiger partial charge < -0.3 is 9.84 Å². The third-order valence-corrected chi connectivity index (χ3v) is 1.03. The highest BCUT2D eigenvalue weighted by atomic mass is 19.1. The van der Waals surface area contributed by atoms with Crippen molar-refractivity contribution in [2.24, 2.45) is 0 Å². The van der Waals surface area contributed by atoms with Crippen molar-refractivity contribution < 1.29 is 28.7 Å². The van der Waals surface area contributed by atoms with Crippen LogP contribution in [-0.4, -0.2) is 35.5 Å². The number of hydrogen-bond acceptors (Lipinski definition) is 4. The summed E-state index contributed by atoms with van der Waals surface area (Å²) in [5.74, 6) is -2.45. The van der Waals surface area contributed by atoms with E-state index in [1.807, 2.05) is 0 Å². The first-order valence-electron chi connectivity index (χ1n) is 4.17. The molecule has 6 nitrogen and oxygen atoms in total. The molecule has 88 valence electrons. The summed E-state index contributed by atoms with van der Waals surface area (Å²) in [6.07, 6.45) is -2.20. The number of ether oxygens (including phenoxy) is 1. The van der Waals surface area contributed by atoms with Crippen LogP contribution in [0.4, 0.5) is 4.39 Å². The molecule has 1 atom stereocenters. The standard InChI is InChI=1S/C8H14FNO5/c1-8(2,3)15-6(9)7(13)10-14-4-5(11)12/h6H,4H2,1-3H3,(H,10,13)(H,11,12). The Morgan fingerprint density at radius 2 is 2.00 bits per heavy atom. The number of carboxylic acids is 1. The van der Waals surface area contributed by atoms with E-state index in [1.165, 1.54) is 0 Å². The number of hydroxylamine groups is 1. The van der Waals surface area contributed by atoms with Gasteiger partial charge in [-0.05, 0) is 20.8 Å². The van der Waals surface area contributed by atoms with E-state index < -0.39 is 30.4 Å². The fourth-order valence-corrected chi connectivity index (χ4v) is 0.579. The molecule has 0 aliphatic rings. The van der Waals surface area contributed by atoms with Crippen molar-refractivity contribution in [2.75, 3.05) is 6.61 Å². The summed E-state index contributed by atoms with van der Waals surface area (Å²) in [5, 5.41) is 8.15. The molecule has 2 N–H and O–H groups in total. The predicted octanol–water partition coefficient (Wildman–Crippen LogP) is 0.229. The van der Waals surface area contributed by atoms with Crippen LogP contribution >= 0.6 is 0 Å². The average molecular weight is 223 g/mol. The molecular weight excluding hydrogens is 209 g/mol. The zero-order chi connectivity index (χ0) is 12.1. The number of rotatable bonds is 5. The first-order valence-corrected chi connectivity index (χ1v) is 4.17. The minimum Gasteiger partial charge on any atom is -0.479 e. The lowest BCUT2D eigenvalue weighted by Gasteiger charge is -2.21. The average Bonchev–Trinajstić information content (AvgIpc) is 1.99. The molecule has 0 aliphatic carbocycles. The molecule has 7 heteroatoms. The molecule has 0 rings (SSSR count). The van der Waals surface area contributed by atoms with E-state index in [4.69, 9.17) is 5.11 Å². The predicted molar refractivity (Wildman–Crippen MR) is 47.5 cm³/mol. The minimum atomic E-state index is -2.20. The van der Waals surface area contributed by atoms with E-state index in [0.717, 1.165) is 0 Å². The first-order chi connectivity index (χ1) is 6.72. The topological polar surface area (TPSA) is 84.9 Å². The number of carbonyl (C=O) groups is 2. The Bertz CT molecular complexity index is 238. The number of carbonyl (C=O) groups excluding carboxylic acids is 1. The number of nitrogens with one attached hydrogen (secondary N) is 1. The van der Waals surface area contributed by atoms with Gasteiger partial charge in [0, 0.05) is 0 Å². The van der Waals surface area contributed by atoms with Gasteiger partial charge in [-0.2, -0.15) is 0 Å². The molecule has 0 bridgehead atoms. The van der Waals surface area contributed by atoms with Crippen LogP contribution in [0.15, 0.2) is 0 Å². The monoisotopic (exact) mass is 223 g/mol. The van der Waals surface area contributed by atoms with Crippen LogP contribution in [0, 0.1) is 0 Å². The fourth-order valence-electron chi connectivity index (χ4n) is 0.579. The SMILES string of the molecule is CC(C)(C)OC(F)C(=O)NOCC(=O)O. The normalized spacial score (nSPS) is 13.3. The van der Waals surface area contributed by atoms with Gasteiger partial charge in [-0.15, -0.1) is 0 Å². The highest BCUT2D eigenvalue weighted by Crippen LogP contribution is 2.11. The molecule has 0 aromatic carbocycles. The van der Waals surface area contributed by atoms with Crippen molar-refractivity contribution >= 4 is 11.9 Å². The first kappa shape index (κ1) is 13.8. The van der Waals surface area contributed by atoms with Crippen LogP contribution in [0.5, 0.6) is 0 Å². The van der Waals surface area contributed by atoms with Crippen LogP contribution in [0.2, 0.25) is 0 Å². The Morgan fingerprint density at radius 1 is 1.47 bits per heavy atom. The lowest BCUT2D eigenvalue weighted by molar-refractivity contribution is -0.175. The summed E-state index contributed by atoms with van der Waals surface area (Å²) in [7, 11) is 0. The second-order valence-corrected chi connectivity index (χ2v) is 3.69. The summed E-state index contributed by atoms with van der Waals surface area (Å²) in [6, 6.07) is 0. The molecule has 15 heavy (non-hydrogen) atoms. The Kier molecular flexibility index (Phi) is 5.16. The molecule has 0 aromatic rings. The molecule has 0 radical (unpaired) electrons. The quantitative estimate of drug-likeness (QED) is 0.652. The maximum atomic E-state index is 13.0. The molecule has 0 saturated heterocycles. The van der Waals surface area contributed by atoms with Crippen molar-refractivity contribution in [3.05, 3.63) is 0 Å². The Labute approximate surface area is 86.3 Å². The van der Waals surface area contributed by atoms with Crippen LogP contribution in [0.25, 0.3) is 0 Å². The maximum absolute atomic E-state index is 13.0. The second-order valence-electron chi connectivity index (χ2n) is 3.69. The molecule has 0 fully saturated rings. The van der Waals surface area contributed by atoms with Gasteiger partial charge in [0.15, 0.2) is 6.61 Å². The zero-order valence-electron chi connectivity index (χ0n) is 8.74. The summed E-state index contributed by atoms with van der Waals surface area (Å²) in [6.45, 7) is 3.98. The smallest absolute Gasteiger partial charge is 0.332 e. The Morgan fingerprint density at radius 3 is 2.40 bits per heavy atom. The molecule has 0 spiro atoms. The summed E-state index contributed by atoms with van der Waals surface area (Å²) >= 11 is 0. The van der Waals surface area contributed by atoms with Crippen LogP contribution < -0.4 is 5.48 Å². The van der Waals surface area contributed by atoms with Gasteiger partial charge in [-0.1, -0.05) is 0 Å². The summed E-state index contributed by atoms with van der Waals surface area (Å²) in [4.78, 5) is 25.0. The maximum Gasteiger partial charge on any atom is 0.332 e. The highest BCUT2D eigenvalue weighted by Gasteiger charge is 2.24. The summed E-state index contributed by atoms with van der Waals surface area (Å²) in [5.41, 5.74) is 0.801. The molecule has 1 unspecified atom stereocenters. The van der Waals surface area contributed by atoms with E-state index in [1.54, 1.807) is 26.3 Å². The molecule has 0 aromatic heterocycles. The van der Waals surface area contributed by atoms with E-state index in [-0.39, 0.29) is 0 Å².